The Hall–Kier alpha value is -2.36. The van der Waals surface area contributed by atoms with Crippen LogP contribution >= 0.6 is 0 Å². The minimum absolute atomic E-state index is 0.00376. The summed E-state index contributed by atoms with van der Waals surface area (Å²) in [6, 6.07) is 10.6. The van der Waals surface area contributed by atoms with Crippen molar-refractivity contribution in [1.82, 2.24) is 10.2 Å². The fourth-order valence-electron chi connectivity index (χ4n) is 3.37. The molecule has 118 valence electrons. The lowest BCUT2D eigenvalue weighted by atomic mass is 9.74. The van der Waals surface area contributed by atoms with Gasteiger partial charge in [-0.3, -0.25) is 5.10 Å². The summed E-state index contributed by atoms with van der Waals surface area (Å²) in [6.07, 6.45) is 7.75. The van der Waals surface area contributed by atoms with Crippen molar-refractivity contribution in [3.05, 3.63) is 58.9 Å². The summed E-state index contributed by atoms with van der Waals surface area (Å²) in [6.45, 7) is 2.27. The Kier molecular flexibility index (Phi) is 3.33. The molecule has 1 heterocycles. The first-order chi connectivity index (χ1) is 11.2. The van der Waals surface area contributed by atoms with Gasteiger partial charge >= 0.3 is 0 Å². The molecule has 2 aliphatic carbocycles. The van der Waals surface area contributed by atoms with Gasteiger partial charge in [0.1, 0.15) is 18.5 Å². The van der Waals surface area contributed by atoms with Gasteiger partial charge in [0.15, 0.2) is 0 Å². The Morgan fingerprint density at radius 1 is 1.30 bits per heavy atom. The summed E-state index contributed by atoms with van der Waals surface area (Å²) in [7, 11) is 1.60. The Balaban J connectivity index is 1.70. The number of hydrogen-bond donors (Lipinski definition) is 1. The van der Waals surface area contributed by atoms with Crippen LogP contribution in [-0.4, -0.2) is 23.0 Å². The van der Waals surface area contributed by atoms with E-state index in [1.807, 2.05) is 0 Å². The second kappa shape index (κ2) is 5.37. The van der Waals surface area contributed by atoms with Gasteiger partial charge in [0.2, 0.25) is 0 Å². The number of rotatable bonds is 4. The first-order valence-corrected chi connectivity index (χ1v) is 8.15. The molecule has 1 fully saturated rings. The summed E-state index contributed by atoms with van der Waals surface area (Å²) in [5.41, 5.74) is 5.61. The molecule has 4 heteroatoms. The molecule has 2 aliphatic rings. The smallest absolute Gasteiger partial charge is 0.117 e. The third-order valence-electron chi connectivity index (χ3n) is 4.87. The van der Waals surface area contributed by atoms with Crippen LogP contribution in [0.5, 0.6) is 0 Å². The van der Waals surface area contributed by atoms with E-state index in [2.05, 4.69) is 64.8 Å². The van der Waals surface area contributed by atoms with E-state index in [0.29, 0.717) is 5.92 Å². The molecule has 4 nitrogen and oxygen atoms in total. The van der Waals surface area contributed by atoms with Gasteiger partial charge in [-0.25, -0.2) is 0 Å². The topological polar surface area (TPSA) is 50.3 Å². The molecular weight excluding hydrogens is 286 g/mol. The molecular formula is C19H21N3O. The Bertz CT molecular complexity index is 771. The number of hydrogen-bond acceptors (Lipinski definition) is 3. The molecule has 1 N–H and O–H groups in total. The summed E-state index contributed by atoms with van der Waals surface area (Å²) in [4.78, 5) is 5.04. The van der Waals surface area contributed by atoms with Crippen LogP contribution in [0.4, 0.5) is 0 Å². The molecule has 1 aromatic carbocycles. The van der Waals surface area contributed by atoms with Gasteiger partial charge in [0.05, 0.1) is 0 Å². The van der Waals surface area contributed by atoms with E-state index in [-0.39, 0.29) is 5.41 Å². The molecule has 0 aliphatic heterocycles. The van der Waals surface area contributed by atoms with E-state index < -0.39 is 0 Å². The number of oxime groups is 1. The van der Waals surface area contributed by atoms with Crippen molar-refractivity contribution >= 4 is 11.8 Å². The zero-order valence-electron chi connectivity index (χ0n) is 13.5. The second-order valence-corrected chi connectivity index (χ2v) is 6.69. The molecule has 23 heavy (non-hydrogen) atoms. The number of fused-ring (bicyclic) bond motifs is 1. The Labute approximate surface area is 136 Å². The summed E-state index contributed by atoms with van der Waals surface area (Å²) >= 11 is 0. The highest BCUT2D eigenvalue weighted by atomic mass is 16.6. The molecule has 2 aromatic rings. The molecule has 0 spiro atoms. The van der Waals surface area contributed by atoms with Gasteiger partial charge in [-0.2, -0.15) is 5.10 Å². The molecule has 1 aromatic heterocycles. The SMILES string of the molecule is CO/N=C(/c1n[nH]c2c1C=CC(C)(c1ccccc1)C2)C1CC1. The molecule has 4 rings (SSSR count). The van der Waals surface area contributed by atoms with Crippen LogP contribution in [0.2, 0.25) is 0 Å². The van der Waals surface area contributed by atoms with Crippen molar-refractivity contribution in [3.8, 4) is 0 Å². The van der Waals surface area contributed by atoms with Gasteiger partial charge in [0.25, 0.3) is 0 Å². The van der Waals surface area contributed by atoms with Gasteiger partial charge in [-0.05, 0) is 18.4 Å². The number of aromatic amines is 1. The maximum atomic E-state index is 5.04. The van der Waals surface area contributed by atoms with Crippen molar-refractivity contribution in [1.29, 1.82) is 0 Å². The average Bonchev–Trinajstić information content (AvgIpc) is 3.34. The van der Waals surface area contributed by atoms with E-state index in [0.717, 1.165) is 17.8 Å². The van der Waals surface area contributed by atoms with E-state index >= 15 is 0 Å². The van der Waals surface area contributed by atoms with Crippen molar-refractivity contribution in [3.63, 3.8) is 0 Å². The molecule has 1 saturated carbocycles. The number of benzene rings is 1. The quantitative estimate of drug-likeness (QED) is 0.691. The summed E-state index contributed by atoms with van der Waals surface area (Å²) in [5, 5.41) is 12.0. The molecule has 0 amide bonds. The maximum absolute atomic E-state index is 5.04. The standard InChI is InChI=1S/C19H21N3O/c1-19(14-6-4-3-5-7-14)11-10-15-16(12-19)20-21-18(15)17(22-23-2)13-8-9-13/h3-7,10-11,13H,8-9,12H2,1-2H3,(H,20,21)/b22-17+. The zero-order chi connectivity index (χ0) is 15.9. The molecule has 0 bridgehead atoms. The summed E-state index contributed by atoms with van der Waals surface area (Å²) < 4.78 is 0. The number of aromatic nitrogens is 2. The maximum Gasteiger partial charge on any atom is 0.117 e. The van der Waals surface area contributed by atoms with Crippen LogP contribution < -0.4 is 0 Å². The van der Waals surface area contributed by atoms with Crippen LogP contribution in [0.25, 0.3) is 6.08 Å². The van der Waals surface area contributed by atoms with Crippen LogP contribution in [0.1, 0.15) is 42.3 Å². The fraction of sp³-hybridized carbons (Fsp3) is 0.368. The first kappa shape index (κ1) is 14.2. The highest BCUT2D eigenvalue weighted by Gasteiger charge is 2.35. The molecule has 0 saturated heterocycles. The number of allylic oxidation sites excluding steroid dienone is 1. The Morgan fingerprint density at radius 2 is 2.09 bits per heavy atom. The van der Waals surface area contributed by atoms with Crippen molar-refractivity contribution in [2.45, 2.75) is 31.6 Å². The second-order valence-electron chi connectivity index (χ2n) is 6.69. The zero-order valence-corrected chi connectivity index (χ0v) is 13.5. The predicted octanol–water partition coefficient (Wildman–Crippen LogP) is 3.70. The fourth-order valence-corrected chi connectivity index (χ4v) is 3.37. The van der Waals surface area contributed by atoms with E-state index in [1.54, 1.807) is 7.11 Å². The third kappa shape index (κ3) is 2.48. The minimum Gasteiger partial charge on any atom is -0.399 e. The number of nitrogens with zero attached hydrogens (tertiary/aromatic N) is 2. The van der Waals surface area contributed by atoms with E-state index in [9.17, 15) is 0 Å². The number of nitrogens with one attached hydrogen (secondary N) is 1. The lowest BCUT2D eigenvalue weighted by Gasteiger charge is -2.29. The van der Waals surface area contributed by atoms with E-state index in [1.165, 1.54) is 29.7 Å². The van der Waals surface area contributed by atoms with Crippen LogP contribution in [0.15, 0.2) is 41.6 Å². The van der Waals surface area contributed by atoms with E-state index in [4.69, 9.17) is 4.84 Å². The predicted molar refractivity (Wildman–Crippen MR) is 91.4 cm³/mol. The van der Waals surface area contributed by atoms with Crippen molar-refractivity contribution in [2.24, 2.45) is 11.1 Å². The Morgan fingerprint density at radius 3 is 2.78 bits per heavy atom. The van der Waals surface area contributed by atoms with Gasteiger partial charge < -0.3 is 4.84 Å². The van der Waals surface area contributed by atoms with Crippen LogP contribution in [-0.2, 0) is 16.7 Å². The lowest BCUT2D eigenvalue weighted by Crippen LogP contribution is -2.25. The van der Waals surface area contributed by atoms with Gasteiger partial charge in [0, 0.05) is 29.0 Å². The van der Waals surface area contributed by atoms with Gasteiger partial charge in [-0.1, -0.05) is 54.6 Å². The normalized spacial score (nSPS) is 23.7. The van der Waals surface area contributed by atoms with Crippen LogP contribution in [0, 0.1) is 5.92 Å². The summed E-state index contributed by atoms with van der Waals surface area (Å²) in [5.74, 6) is 0.498. The van der Waals surface area contributed by atoms with Crippen molar-refractivity contribution in [2.75, 3.05) is 7.11 Å². The minimum atomic E-state index is -0.00376. The first-order valence-electron chi connectivity index (χ1n) is 8.15. The highest BCUT2D eigenvalue weighted by molar-refractivity contribution is 6.04. The highest BCUT2D eigenvalue weighted by Crippen LogP contribution is 2.39. The average molecular weight is 307 g/mol. The van der Waals surface area contributed by atoms with Crippen LogP contribution in [0.3, 0.4) is 0 Å². The number of H-pyrrole nitrogens is 1. The molecule has 1 unspecified atom stereocenters. The largest absolute Gasteiger partial charge is 0.399 e. The third-order valence-corrected chi connectivity index (χ3v) is 4.87. The van der Waals surface area contributed by atoms with Gasteiger partial charge in [-0.15, -0.1) is 0 Å². The van der Waals surface area contributed by atoms with Crippen molar-refractivity contribution < 1.29 is 4.84 Å². The lowest BCUT2D eigenvalue weighted by molar-refractivity contribution is 0.212. The molecule has 1 atom stereocenters. The molecule has 0 radical (unpaired) electrons. The monoisotopic (exact) mass is 307 g/mol.